The topological polar surface area (TPSA) is 124 Å². The van der Waals surface area contributed by atoms with Crippen molar-refractivity contribution in [3.8, 4) is 0 Å². The highest BCUT2D eigenvalue weighted by Crippen LogP contribution is 2.44. The van der Waals surface area contributed by atoms with Gasteiger partial charge >= 0.3 is 0 Å². The molecule has 0 saturated carbocycles. The van der Waals surface area contributed by atoms with Crippen molar-refractivity contribution in [3.63, 3.8) is 0 Å². The standard InChI is InChI=1S/C18H16Cl2N2OS.2C18H16ClFN2OS/c1-2-3-8-21-18(23)11-4-6-16-14(9-11)22-17(20)13-10-12(19)5-7-15(13)24-16;1-10(2)9-21-18(23)11-3-6-15-14(7-11)22-17(19)13-5-4-12(20)8-16(13)24-15;1-2-3-8-21-18(23)11-4-7-15-14(9-11)22-17(19)13-6-5-12(20)10-16(13)24-15/h4-7,9-10H,2-3,8H2,1H3,(H,21,23);3-8,10H,9H2,1-2H3,(H,21,23);4-7,9-10H,2-3,8H2,1H3,(H,21,23). The minimum atomic E-state index is -0.321. The quantitative estimate of drug-likeness (QED) is 0.111. The molecule has 3 heterocycles. The van der Waals surface area contributed by atoms with Crippen LogP contribution in [0.5, 0.6) is 0 Å². The number of hydrogen-bond acceptors (Lipinski definition) is 9. The van der Waals surface area contributed by atoms with Crippen LogP contribution < -0.4 is 16.0 Å². The van der Waals surface area contributed by atoms with E-state index < -0.39 is 0 Å². The predicted octanol–water partition coefficient (Wildman–Crippen LogP) is 15.8. The molecule has 372 valence electrons. The van der Waals surface area contributed by atoms with Gasteiger partial charge in [-0.25, -0.2) is 23.8 Å². The molecular formula is C54H48Cl4F2N6O3S3. The summed E-state index contributed by atoms with van der Waals surface area (Å²) in [5.41, 5.74) is 5.75. The van der Waals surface area contributed by atoms with Crippen molar-refractivity contribution in [1.82, 2.24) is 16.0 Å². The first kappa shape index (κ1) is 54.6. The summed E-state index contributed by atoms with van der Waals surface area (Å²) in [6.07, 6.45) is 3.97. The largest absolute Gasteiger partial charge is 0.352 e. The van der Waals surface area contributed by atoms with Crippen molar-refractivity contribution in [3.05, 3.63) is 159 Å². The molecule has 3 aliphatic rings. The van der Waals surface area contributed by atoms with E-state index in [1.165, 1.54) is 47.8 Å². The van der Waals surface area contributed by atoms with Crippen LogP contribution >= 0.6 is 81.7 Å². The molecule has 6 aromatic carbocycles. The summed E-state index contributed by atoms with van der Waals surface area (Å²) in [5.74, 6) is -0.625. The van der Waals surface area contributed by atoms with Crippen molar-refractivity contribution in [1.29, 1.82) is 0 Å². The third kappa shape index (κ3) is 14.3. The van der Waals surface area contributed by atoms with Gasteiger partial charge in [-0.1, -0.05) is 122 Å². The van der Waals surface area contributed by atoms with Crippen molar-refractivity contribution < 1.29 is 23.2 Å². The smallest absolute Gasteiger partial charge is 0.251 e. The van der Waals surface area contributed by atoms with Crippen LogP contribution in [-0.4, -0.2) is 52.9 Å². The molecular weight excluding hydrogens is 1060 g/mol. The molecule has 0 fully saturated rings. The number of halogens is 6. The molecule has 0 saturated heterocycles. The van der Waals surface area contributed by atoms with E-state index in [9.17, 15) is 23.2 Å². The molecule has 3 aliphatic heterocycles. The number of carbonyl (C=O) groups excluding carboxylic acids is 3. The average Bonchev–Trinajstić information content (AvgIpc) is 3.66. The summed E-state index contributed by atoms with van der Waals surface area (Å²) in [6, 6.07) is 30.5. The Morgan fingerprint density at radius 3 is 1.29 bits per heavy atom. The van der Waals surface area contributed by atoms with E-state index in [0.717, 1.165) is 50.8 Å². The Labute approximate surface area is 450 Å². The molecule has 6 aromatic rings. The second-order valence-electron chi connectivity index (χ2n) is 16.8. The third-order valence-electron chi connectivity index (χ3n) is 10.8. The fraction of sp³-hybridized carbons (Fsp3) is 0.222. The SMILES string of the molecule is CC(C)CNC(=O)c1ccc2c(c1)N=C(Cl)c1ccc(F)cc1S2.CCCCNC(=O)c1ccc2c(c1)N=C(Cl)c1cc(Cl)ccc1S2.CCCCNC(=O)c1ccc2c(c1)N=C(Cl)c1ccc(F)cc1S2. The van der Waals surface area contributed by atoms with Crippen LogP contribution in [-0.2, 0) is 0 Å². The first-order valence-electron chi connectivity index (χ1n) is 23.0. The minimum Gasteiger partial charge on any atom is -0.352 e. The van der Waals surface area contributed by atoms with Gasteiger partial charge < -0.3 is 16.0 Å². The Morgan fingerprint density at radius 1 is 0.486 bits per heavy atom. The number of hydrogen-bond donors (Lipinski definition) is 3. The molecule has 0 spiro atoms. The van der Waals surface area contributed by atoms with Gasteiger partial charge in [-0.15, -0.1) is 0 Å². The Balaban J connectivity index is 0.000000158. The fourth-order valence-corrected chi connectivity index (χ4v) is 11.1. The number of fused-ring (bicyclic) bond motifs is 6. The number of rotatable bonds is 11. The van der Waals surface area contributed by atoms with E-state index in [4.69, 9.17) is 46.4 Å². The van der Waals surface area contributed by atoms with Gasteiger partial charge in [-0.3, -0.25) is 14.4 Å². The number of unbranched alkanes of at least 4 members (excludes halogenated alkanes) is 2. The van der Waals surface area contributed by atoms with Crippen molar-refractivity contribution in [2.75, 3.05) is 19.6 Å². The van der Waals surface area contributed by atoms with Crippen molar-refractivity contribution >= 4 is 132 Å². The zero-order valence-corrected chi connectivity index (χ0v) is 45.0. The molecule has 0 bridgehead atoms. The molecule has 0 atom stereocenters. The molecule has 72 heavy (non-hydrogen) atoms. The first-order chi connectivity index (χ1) is 34.6. The lowest BCUT2D eigenvalue weighted by Gasteiger charge is -2.09. The number of carbonyl (C=O) groups is 3. The first-order valence-corrected chi connectivity index (χ1v) is 27.0. The Morgan fingerprint density at radius 2 is 0.875 bits per heavy atom. The van der Waals surface area contributed by atoms with Crippen LogP contribution in [0, 0.1) is 17.6 Å². The van der Waals surface area contributed by atoms with Crippen LogP contribution in [0.2, 0.25) is 5.02 Å². The Bertz CT molecular complexity index is 3140. The van der Waals surface area contributed by atoms with Crippen LogP contribution in [0.15, 0.2) is 154 Å². The summed E-state index contributed by atoms with van der Waals surface area (Å²) in [4.78, 5) is 55.0. The second kappa shape index (κ2) is 25.7. The molecule has 18 heteroatoms. The molecule has 9 nitrogen and oxygen atoms in total. The monoisotopic (exact) mass is 1100 g/mol. The molecule has 9 rings (SSSR count). The maximum absolute atomic E-state index is 13.5. The highest BCUT2D eigenvalue weighted by Gasteiger charge is 2.22. The van der Waals surface area contributed by atoms with Crippen molar-refractivity contribution in [2.24, 2.45) is 20.9 Å². The second-order valence-corrected chi connectivity index (χ2v) is 21.6. The zero-order chi connectivity index (χ0) is 51.5. The minimum absolute atomic E-state index is 0.0904. The summed E-state index contributed by atoms with van der Waals surface area (Å²) in [5, 5.41) is 10.2. The lowest BCUT2D eigenvalue weighted by Crippen LogP contribution is -2.27. The van der Waals surface area contributed by atoms with E-state index >= 15 is 0 Å². The zero-order valence-electron chi connectivity index (χ0n) is 39.5. The van der Waals surface area contributed by atoms with Crippen LogP contribution in [0.4, 0.5) is 25.8 Å². The highest BCUT2D eigenvalue weighted by atomic mass is 35.5. The van der Waals surface area contributed by atoms with Gasteiger partial charge in [0, 0.05) is 87.4 Å². The van der Waals surface area contributed by atoms with E-state index in [1.54, 1.807) is 60.3 Å². The summed E-state index contributed by atoms with van der Waals surface area (Å²) in [7, 11) is 0. The number of amides is 3. The van der Waals surface area contributed by atoms with Gasteiger partial charge in [0.2, 0.25) is 0 Å². The average molecular weight is 1110 g/mol. The maximum Gasteiger partial charge on any atom is 0.251 e. The van der Waals surface area contributed by atoms with E-state index in [2.05, 4.69) is 44.8 Å². The number of benzene rings is 6. The van der Waals surface area contributed by atoms with Gasteiger partial charge in [-0.2, -0.15) is 0 Å². The highest BCUT2D eigenvalue weighted by molar-refractivity contribution is 8.00. The lowest BCUT2D eigenvalue weighted by molar-refractivity contribution is 0.0942. The molecule has 0 aliphatic carbocycles. The van der Waals surface area contributed by atoms with Gasteiger partial charge in [0.25, 0.3) is 17.7 Å². The van der Waals surface area contributed by atoms with Gasteiger partial charge in [0.05, 0.1) is 17.1 Å². The summed E-state index contributed by atoms with van der Waals surface area (Å²) in [6.45, 7) is 10.2. The van der Waals surface area contributed by atoms with E-state index in [-0.39, 0.29) is 34.5 Å². The Kier molecular flexibility index (Phi) is 19.4. The number of aliphatic imine (C=N–C) groups is 3. The van der Waals surface area contributed by atoms with Crippen LogP contribution in [0.25, 0.3) is 0 Å². The molecule has 3 N–H and O–H groups in total. The summed E-state index contributed by atoms with van der Waals surface area (Å²) >= 11 is 29.3. The van der Waals surface area contributed by atoms with Crippen LogP contribution in [0.1, 0.15) is 101 Å². The maximum atomic E-state index is 13.5. The van der Waals surface area contributed by atoms with E-state index in [1.807, 2.05) is 50.2 Å². The molecule has 0 aromatic heterocycles. The lowest BCUT2D eigenvalue weighted by atomic mass is 10.1. The summed E-state index contributed by atoms with van der Waals surface area (Å²) < 4.78 is 27.0. The van der Waals surface area contributed by atoms with Crippen LogP contribution in [0.3, 0.4) is 0 Å². The fourth-order valence-electron chi connectivity index (χ4n) is 6.97. The predicted molar refractivity (Wildman–Crippen MR) is 294 cm³/mol. The van der Waals surface area contributed by atoms with Gasteiger partial charge in [-0.05, 0) is 128 Å². The van der Waals surface area contributed by atoms with E-state index in [0.29, 0.717) is 95.6 Å². The number of nitrogens with zero attached hydrogens (tertiary/aromatic N) is 3. The Hall–Kier alpha value is -5.19. The molecule has 0 radical (unpaired) electrons. The van der Waals surface area contributed by atoms with Gasteiger partial charge in [0.15, 0.2) is 0 Å². The molecule has 3 amide bonds. The normalized spacial score (nSPS) is 12.8. The van der Waals surface area contributed by atoms with Crippen molar-refractivity contribution in [2.45, 2.75) is 82.8 Å². The third-order valence-corrected chi connectivity index (χ3v) is 15.3. The van der Waals surface area contributed by atoms with Gasteiger partial charge in [0.1, 0.15) is 27.1 Å². The molecule has 0 unspecified atom stereocenters. The number of nitrogens with one attached hydrogen (secondary N) is 3.